The Morgan fingerprint density at radius 1 is 1.29 bits per heavy atom. The van der Waals surface area contributed by atoms with Crippen LogP contribution in [-0.4, -0.2) is 33.8 Å². The van der Waals surface area contributed by atoms with Crippen LogP contribution >= 0.6 is 0 Å². The Kier molecular flexibility index (Phi) is 6.02. The third-order valence-corrected chi connectivity index (χ3v) is 6.73. The summed E-state index contributed by atoms with van der Waals surface area (Å²) >= 11 is 0. The van der Waals surface area contributed by atoms with E-state index in [4.69, 9.17) is 6.42 Å². The standard InChI is InChI=1S/C26H32N4O/c1-5-18-16-28-25(30-24(18)29-20-10-12-23(31)26(3,4)15-20)27-14-13-19-9-11-21-17(2)7-6-8-22(19)21/h1,6-9,16,20,23,31H,10-15H2,2-4H3,(H2,27,28,29,30)/t20-,23+/m1/s1. The van der Waals surface area contributed by atoms with Gasteiger partial charge in [-0.25, -0.2) is 4.98 Å². The number of benzene rings is 1. The molecular formula is C26H32N4O. The highest BCUT2D eigenvalue weighted by atomic mass is 16.3. The first kappa shape index (κ1) is 21.4. The predicted molar refractivity (Wildman–Crippen MR) is 127 cm³/mol. The van der Waals surface area contributed by atoms with Crippen molar-refractivity contribution in [2.45, 2.75) is 65.0 Å². The molecule has 5 nitrogen and oxygen atoms in total. The van der Waals surface area contributed by atoms with Crippen LogP contribution in [0.4, 0.5) is 11.8 Å². The summed E-state index contributed by atoms with van der Waals surface area (Å²) in [5.41, 5.74) is 6.10. The molecule has 162 valence electrons. The molecule has 0 radical (unpaired) electrons. The monoisotopic (exact) mass is 416 g/mol. The Bertz CT molecular complexity index is 1030. The van der Waals surface area contributed by atoms with E-state index in [-0.39, 0.29) is 17.6 Å². The largest absolute Gasteiger partial charge is 0.393 e. The molecule has 2 atom stereocenters. The van der Waals surface area contributed by atoms with E-state index in [9.17, 15) is 5.11 Å². The summed E-state index contributed by atoms with van der Waals surface area (Å²) in [5.74, 6) is 3.96. The number of aromatic nitrogens is 2. The van der Waals surface area contributed by atoms with Crippen LogP contribution in [0.25, 0.3) is 5.57 Å². The maximum atomic E-state index is 10.2. The molecule has 0 aliphatic heterocycles. The van der Waals surface area contributed by atoms with Gasteiger partial charge in [-0.15, -0.1) is 6.42 Å². The number of allylic oxidation sites excluding steroid dienone is 1. The van der Waals surface area contributed by atoms with Gasteiger partial charge in [0.15, 0.2) is 0 Å². The van der Waals surface area contributed by atoms with Crippen LogP contribution in [0.15, 0.2) is 30.5 Å². The second-order valence-corrected chi connectivity index (χ2v) is 9.44. The Labute approximate surface area is 185 Å². The third kappa shape index (κ3) is 4.60. The Balaban J connectivity index is 1.39. The van der Waals surface area contributed by atoms with Crippen LogP contribution in [0.5, 0.6) is 0 Å². The molecule has 5 heteroatoms. The molecule has 2 aromatic rings. The normalized spacial score (nSPS) is 21.7. The van der Waals surface area contributed by atoms with Gasteiger partial charge < -0.3 is 15.7 Å². The van der Waals surface area contributed by atoms with Crippen molar-refractivity contribution < 1.29 is 5.11 Å². The number of nitrogens with one attached hydrogen (secondary N) is 2. The number of aliphatic hydroxyl groups excluding tert-OH is 1. The highest BCUT2D eigenvalue weighted by molar-refractivity contribution is 5.74. The zero-order chi connectivity index (χ0) is 22.0. The minimum Gasteiger partial charge on any atom is -0.393 e. The number of rotatable bonds is 6. The first-order valence-corrected chi connectivity index (χ1v) is 11.2. The average Bonchev–Trinajstić information content (AvgIpc) is 3.15. The van der Waals surface area contributed by atoms with E-state index in [1.54, 1.807) is 6.20 Å². The molecular weight excluding hydrogens is 384 g/mol. The van der Waals surface area contributed by atoms with Crippen molar-refractivity contribution in [2.24, 2.45) is 5.41 Å². The van der Waals surface area contributed by atoms with Gasteiger partial charge in [0, 0.05) is 12.6 Å². The van der Waals surface area contributed by atoms with Crippen molar-refractivity contribution in [3.63, 3.8) is 0 Å². The quantitative estimate of drug-likeness (QED) is 0.602. The highest BCUT2D eigenvalue weighted by Gasteiger charge is 2.35. The minimum absolute atomic E-state index is 0.121. The second kappa shape index (κ2) is 8.72. The Morgan fingerprint density at radius 3 is 2.90 bits per heavy atom. The van der Waals surface area contributed by atoms with Crippen LogP contribution in [0.1, 0.15) is 61.8 Å². The summed E-state index contributed by atoms with van der Waals surface area (Å²) in [6.07, 6.45) is 13.9. The summed E-state index contributed by atoms with van der Waals surface area (Å²) in [6, 6.07) is 6.75. The van der Waals surface area contributed by atoms with E-state index < -0.39 is 0 Å². The number of fused-ring (bicyclic) bond motifs is 1. The molecule has 1 heterocycles. The molecule has 1 aromatic carbocycles. The van der Waals surface area contributed by atoms with E-state index in [1.807, 2.05) is 0 Å². The fourth-order valence-corrected chi connectivity index (χ4v) is 4.78. The van der Waals surface area contributed by atoms with Crippen molar-refractivity contribution in [3.05, 3.63) is 52.7 Å². The summed E-state index contributed by atoms with van der Waals surface area (Å²) < 4.78 is 0. The number of aryl methyl sites for hydroxylation is 1. The van der Waals surface area contributed by atoms with Crippen LogP contribution in [0, 0.1) is 24.7 Å². The summed E-state index contributed by atoms with van der Waals surface area (Å²) in [6.45, 7) is 7.16. The lowest BCUT2D eigenvalue weighted by Crippen LogP contribution is -2.41. The van der Waals surface area contributed by atoms with Crippen LogP contribution in [0.2, 0.25) is 0 Å². The van der Waals surface area contributed by atoms with Gasteiger partial charge in [-0.3, -0.25) is 0 Å². The molecule has 0 spiro atoms. The maximum Gasteiger partial charge on any atom is 0.224 e. The van der Waals surface area contributed by atoms with E-state index in [1.165, 1.54) is 22.3 Å². The Hall–Kier alpha value is -2.84. The smallest absolute Gasteiger partial charge is 0.224 e. The van der Waals surface area contributed by atoms with Gasteiger partial charge >= 0.3 is 0 Å². The lowest BCUT2D eigenvalue weighted by Gasteiger charge is -2.40. The summed E-state index contributed by atoms with van der Waals surface area (Å²) in [4.78, 5) is 9.07. The van der Waals surface area contributed by atoms with E-state index in [0.717, 1.165) is 38.6 Å². The molecule has 3 N–H and O–H groups in total. The molecule has 1 saturated carbocycles. The molecule has 1 aromatic heterocycles. The number of nitrogens with zero attached hydrogens (tertiary/aromatic N) is 2. The molecule has 2 aliphatic rings. The first-order valence-electron chi connectivity index (χ1n) is 11.2. The SMILES string of the molecule is C#Cc1cnc(NCCC2=CCc3c(C)cccc32)nc1N[C@@H]1CC[C@H](O)C(C)(C)C1. The minimum atomic E-state index is -0.265. The zero-order valence-electron chi connectivity index (χ0n) is 18.7. The number of hydrogen-bond donors (Lipinski definition) is 3. The van der Waals surface area contributed by atoms with Crippen LogP contribution < -0.4 is 10.6 Å². The van der Waals surface area contributed by atoms with Gasteiger partial charge in [0.05, 0.1) is 17.9 Å². The maximum absolute atomic E-state index is 10.2. The molecule has 0 bridgehead atoms. The second-order valence-electron chi connectivity index (χ2n) is 9.44. The van der Waals surface area contributed by atoms with Crippen LogP contribution in [0.3, 0.4) is 0 Å². The molecule has 1 fully saturated rings. The fourth-order valence-electron chi connectivity index (χ4n) is 4.78. The molecule has 2 aliphatic carbocycles. The van der Waals surface area contributed by atoms with Gasteiger partial charge in [0.1, 0.15) is 5.82 Å². The van der Waals surface area contributed by atoms with E-state index in [2.05, 4.69) is 71.6 Å². The average molecular weight is 417 g/mol. The topological polar surface area (TPSA) is 70.1 Å². The summed E-state index contributed by atoms with van der Waals surface area (Å²) in [7, 11) is 0. The highest BCUT2D eigenvalue weighted by Crippen LogP contribution is 2.37. The van der Waals surface area contributed by atoms with Gasteiger partial charge in [0.25, 0.3) is 0 Å². The molecule has 0 saturated heterocycles. The van der Waals surface area contributed by atoms with Gasteiger partial charge in [-0.05, 0) is 66.7 Å². The summed E-state index contributed by atoms with van der Waals surface area (Å²) in [5, 5.41) is 17.1. The lowest BCUT2D eigenvalue weighted by atomic mass is 9.73. The molecule has 0 unspecified atom stereocenters. The Morgan fingerprint density at radius 2 is 2.13 bits per heavy atom. The van der Waals surface area contributed by atoms with Gasteiger partial charge in [-0.1, -0.05) is 44.0 Å². The van der Waals surface area contributed by atoms with Crippen molar-refractivity contribution in [2.75, 3.05) is 17.2 Å². The van der Waals surface area contributed by atoms with Crippen molar-refractivity contribution in [3.8, 4) is 12.3 Å². The van der Waals surface area contributed by atoms with Gasteiger partial charge in [-0.2, -0.15) is 4.98 Å². The number of hydrogen-bond acceptors (Lipinski definition) is 5. The van der Waals surface area contributed by atoms with E-state index >= 15 is 0 Å². The zero-order valence-corrected chi connectivity index (χ0v) is 18.7. The fraction of sp³-hybridized carbons (Fsp3) is 0.462. The molecule has 0 amide bonds. The molecule has 4 rings (SSSR count). The third-order valence-electron chi connectivity index (χ3n) is 6.73. The van der Waals surface area contributed by atoms with Crippen LogP contribution in [-0.2, 0) is 6.42 Å². The molecule has 31 heavy (non-hydrogen) atoms. The van der Waals surface area contributed by atoms with E-state index in [0.29, 0.717) is 17.3 Å². The van der Waals surface area contributed by atoms with Crippen molar-refractivity contribution in [1.29, 1.82) is 0 Å². The number of anilines is 2. The number of terminal acetylenes is 1. The number of aliphatic hydroxyl groups is 1. The first-order chi connectivity index (χ1) is 14.9. The van der Waals surface area contributed by atoms with Crippen molar-refractivity contribution in [1.82, 2.24) is 9.97 Å². The van der Waals surface area contributed by atoms with Gasteiger partial charge in [0.2, 0.25) is 5.95 Å². The van der Waals surface area contributed by atoms with Crippen molar-refractivity contribution >= 4 is 17.3 Å². The lowest BCUT2D eigenvalue weighted by molar-refractivity contribution is 0.00926. The predicted octanol–water partition coefficient (Wildman–Crippen LogP) is 4.56.